The van der Waals surface area contributed by atoms with Gasteiger partial charge in [0.25, 0.3) is 5.56 Å². The number of nitrogens with zero attached hydrogens (tertiary/aromatic N) is 1. The average molecular weight is 220 g/mol. The van der Waals surface area contributed by atoms with Crippen molar-refractivity contribution in [3.05, 3.63) is 28.2 Å². The molecule has 1 aromatic rings. The van der Waals surface area contributed by atoms with Gasteiger partial charge < -0.3 is 10.3 Å². The lowest BCUT2D eigenvalue weighted by molar-refractivity contribution is 0.549. The lowest BCUT2D eigenvalue weighted by Crippen LogP contribution is -2.22. The fourth-order valence-corrected chi connectivity index (χ4v) is 2.64. The normalized spacial score (nSPS) is 18.3. The molecule has 88 valence electrons. The molecule has 1 aliphatic rings. The molecule has 1 aromatic heterocycles. The van der Waals surface area contributed by atoms with Gasteiger partial charge >= 0.3 is 0 Å². The molecule has 0 radical (unpaired) electrons. The smallest absolute Gasteiger partial charge is 0.252 e. The van der Waals surface area contributed by atoms with Crippen LogP contribution < -0.4 is 11.3 Å². The zero-order valence-electron chi connectivity index (χ0n) is 9.91. The summed E-state index contributed by atoms with van der Waals surface area (Å²) >= 11 is 0. The van der Waals surface area contributed by atoms with Crippen LogP contribution in [0.5, 0.6) is 0 Å². The highest BCUT2D eigenvalue weighted by Gasteiger charge is 2.17. The molecule has 0 bridgehead atoms. The summed E-state index contributed by atoms with van der Waals surface area (Å²) in [5.74, 6) is 0.517. The van der Waals surface area contributed by atoms with Crippen molar-refractivity contribution in [3.8, 4) is 0 Å². The van der Waals surface area contributed by atoms with Gasteiger partial charge in [-0.1, -0.05) is 25.7 Å². The van der Waals surface area contributed by atoms with Crippen LogP contribution in [-0.2, 0) is 7.05 Å². The van der Waals surface area contributed by atoms with Crippen LogP contribution in [0.2, 0.25) is 0 Å². The molecule has 1 aliphatic carbocycles. The summed E-state index contributed by atoms with van der Waals surface area (Å²) in [5.41, 5.74) is 7.49. The molecule has 3 nitrogen and oxygen atoms in total. The molecule has 1 fully saturated rings. The van der Waals surface area contributed by atoms with E-state index in [1.54, 1.807) is 4.57 Å². The summed E-state index contributed by atoms with van der Waals surface area (Å²) < 4.78 is 1.76. The monoisotopic (exact) mass is 220 g/mol. The van der Waals surface area contributed by atoms with Gasteiger partial charge in [-0.05, 0) is 24.8 Å². The van der Waals surface area contributed by atoms with Gasteiger partial charge in [0, 0.05) is 24.5 Å². The van der Waals surface area contributed by atoms with Crippen LogP contribution in [0.4, 0.5) is 5.69 Å². The Kier molecular flexibility index (Phi) is 3.32. The first-order chi connectivity index (χ1) is 7.68. The summed E-state index contributed by atoms with van der Waals surface area (Å²) in [4.78, 5) is 11.7. The van der Waals surface area contributed by atoms with E-state index in [1.165, 1.54) is 44.6 Å². The molecule has 0 aliphatic heterocycles. The highest BCUT2D eigenvalue weighted by molar-refractivity contribution is 5.38. The van der Waals surface area contributed by atoms with E-state index in [1.807, 2.05) is 13.1 Å². The molecular weight excluding hydrogens is 200 g/mol. The second-order valence-corrected chi connectivity index (χ2v) is 4.80. The largest absolute Gasteiger partial charge is 0.399 e. The van der Waals surface area contributed by atoms with Crippen molar-refractivity contribution in [2.75, 3.05) is 5.73 Å². The molecule has 0 unspecified atom stereocenters. The number of pyridine rings is 1. The van der Waals surface area contributed by atoms with E-state index in [-0.39, 0.29) is 5.56 Å². The second kappa shape index (κ2) is 4.73. The average Bonchev–Trinajstić information content (AvgIpc) is 2.51. The molecular formula is C13H20N2O. The minimum Gasteiger partial charge on any atom is -0.399 e. The van der Waals surface area contributed by atoms with Crippen molar-refractivity contribution >= 4 is 5.69 Å². The Hall–Kier alpha value is -1.25. The van der Waals surface area contributed by atoms with Crippen LogP contribution in [-0.4, -0.2) is 4.57 Å². The minimum atomic E-state index is 0.0132. The Morgan fingerprint density at radius 1 is 1.19 bits per heavy atom. The Bertz CT molecular complexity index is 414. The lowest BCUT2D eigenvalue weighted by atomic mass is 9.95. The van der Waals surface area contributed by atoms with Crippen molar-refractivity contribution < 1.29 is 0 Å². The maximum atomic E-state index is 11.7. The summed E-state index contributed by atoms with van der Waals surface area (Å²) in [6.07, 6.45) is 7.58. The van der Waals surface area contributed by atoms with Gasteiger partial charge in [-0.3, -0.25) is 4.79 Å². The quantitative estimate of drug-likeness (QED) is 0.739. The zero-order valence-corrected chi connectivity index (χ0v) is 9.91. The summed E-state index contributed by atoms with van der Waals surface area (Å²) in [6.45, 7) is 0. The molecule has 3 heteroatoms. The predicted octanol–water partition coefficient (Wildman–Crippen LogP) is 2.41. The number of nitrogen functional groups attached to an aromatic ring is 1. The number of anilines is 1. The van der Waals surface area contributed by atoms with Gasteiger partial charge in [0.2, 0.25) is 0 Å². The van der Waals surface area contributed by atoms with Gasteiger partial charge in [-0.25, -0.2) is 0 Å². The first-order valence-electron chi connectivity index (χ1n) is 6.15. The highest BCUT2D eigenvalue weighted by Crippen LogP contribution is 2.31. The standard InChI is InChI=1S/C13H20N2O/c1-15-12(8-11(14)9-13(15)16)10-6-4-2-3-5-7-10/h8-10H,2-7,14H2,1H3. The van der Waals surface area contributed by atoms with Gasteiger partial charge in [-0.2, -0.15) is 0 Å². The lowest BCUT2D eigenvalue weighted by Gasteiger charge is -2.18. The van der Waals surface area contributed by atoms with E-state index < -0.39 is 0 Å². The number of rotatable bonds is 1. The molecule has 16 heavy (non-hydrogen) atoms. The van der Waals surface area contributed by atoms with Crippen molar-refractivity contribution in [2.45, 2.75) is 44.4 Å². The van der Waals surface area contributed by atoms with Gasteiger partial charge in [0.15, 0.2) is 0 Å². The summed E-state index contributed by atoms with van der Waals surface area (Å²) in [7, 11) is 1.85. The maximum absolute atomic E-state index is 11.7. The van der Waals surface area contributed by atoms with Crippen molar-refractivity contribution in [1.29, 1.82) is 0 Å². The Labute approximate surface area is 96.3 Å². The topological polar surface area (TPSA) is 48.0 Å². The molecule has 0 spiro atoms. The molecule has 0 aromatic carbocycles. The molecule has 0 atom stereocenters. The molecule has 2 rings (SSSR count). The third-order valence-corrected chi connectivity index (χ3v) is 3.60. The van der Waals surface area contributed by atoms with Gasteiger partial charge in [0.1, 0.15) is 0 Å². The fraction of sp³-hybridized carbons (Fsp3) is 0.615. The van der Waals surface area contributed by atoms with E-state index >= 15 is 0 Å². The zero-order chi connectivity index (χ0) is 11.5. The number of hydrogen-bond acceptors (Lipinski definition) is 2. The van der Waals surface area contributed by atoms with Gasteiger partial charge in [0.05, 0.1) is 0 Å². The van der Waals surface area contributed by atoms with Crippen LogP contribution in [0.15, 0.2) is 16.9 Å². The summed E-state index contributed by atoms with van der Waals surface area (Å²) in [5, 5.41) is 0. The third-order valence-electron chi connectivity index (χ3n) is 3.60. The van der Waals surface area contributed by atoms with E-state index in [2.05, 4.69) is 0 Å². The van der Waals surface area contributed by atoms with Crippen LogP contribution in [0.25, 0.3) is 0 Å². The molecule has 0 amide bonds. The Morgan fingerprint density at radius 3 is 2.44 bits per heavy atom. The first kappa shape index (κ1) is 11.2. The highest BCUT2D eigenvalue weighted by atomic mass is 16.1. The van der Waals surface area contributed by atoms with E-state index in [4.69, 9.17) is 5.73 Å². The Morgan fingerprint density at radius 2 is 1.81 bits per heavy atom. The Balaban J connectivity index is 2.34. The van der Waals surface area contributed by atoms with Crippen LogP contribution in [0.1, 0.15) is 50.1 Å². The van der Waals surface area contributed by atoms with E-state index in [9.17, 15) is 4.79 Å². The maximum Gasteiger partial charge on any atom is 0.252 e. The number of nitrogens with two attached hydrogens (primary N) is 1. The van der Waals surface area contributed by atoms with E-state index in [0.29, 0.717) is 11.6 Å². The third kappa shape index (κ3) is 2.29. The molecule has 1 heterocycles. The van der Waals surface area contributed by atoms with Crippen molar-refractivity contribution in [2.24, 2.45) is 7.05 Å². The fourth-order valence-electron chi connectivity index (χ4n) is 2.64. The van der Waals surface area contributed by atoms with Crippen LogP contribution in [0, 0.1) is 0 Å². The predicted molar refractivity (Wildman–Crippen MR) is 66.5 cm³/mol. The van der Waals surface area contributed by atoms with Crippen LogP contribution in [0.3, 0.4) is 0 Å². The van der Waals surface area contributed by atoms with Crippen molar-refractivity contribution in [1.82, 2.24) is 4.57 Å². The number of aromatic nitrogens is 1. The molecule has 1 saturated carbocycles. The van der Waals surface area contributed by atoms with Crippen LogP contribution >= 0.6 is 0 Å². The molecule has 0 saturated heterocycles. The van der Waals surface area contributed by atoms with Gasteiger partial charge in [-0.15, -0.1) is 0 Å². The second-order valence-electron chi connectivity index (χ2n) is 4.80. The minimum absolute atomic E-state index is 0.0132. The first-order valence-corrected chi connectivity index (χ1v) is 6.15. The van der Waals surface area contributed by atoms with Crippen molar-refractivity contribution in [3.63, 3.8) is 0 Å². The summed E-state index contributed by atoms with van der Waals surface area (Å²) in [6, 6.07) is 3.47. The number of hydrogen-bond donors (Lipinski definition) is 1. The SMILES string of the molecule is Cn1c(C2CCCCCC2)cc(N)cc1=O. The van der Waals surface area contributed by atoms with E-state index in [0.717, 1.165) is 5.69 Å². The molecule has 2 N–H and O–H groups in total.